The van der Waals surface area contributed by atoms with Gasteiger partial charge in [0, 0.05) is 5.56 Å². The number of carbonyl (C=O) groups is 2. The van der Waals surface area contributed by atoms with Crippen LogP contribution in [-0.4, -0.2) is 35.6 Å². The Balaban J connectivity index is 1.65. The van der Waals surface area contributed by atoms with Crippen molar-refractivity contribution in [1.82, 2.24) is 0 Å². The molecule has 5 nitrogen and oxygen atoms in total. The van der Waals surface area contributed by atoms with Gasteiger partial charge in [0.25, 0.3) is 0 Å². The van der Waals surface area contributed by atoms with Crippen molar-refractivity contribution >= 4 is 34.3 Å². The molecule has 2 atom stereocenters. The van der Waals surface area contributed by atoms with Gasteiger partial charge in [-0.1, -0.05) is 82.7 Å². The van der Waals surface area contributed by atoms with Crippen LogP contribution >= 0.6 is 11.6 Å². The summed E-state index contributed by atoms with van der Waals surface area (Å²) in [6, 6.07) is 16.0. The summed E-state index contributed by atoms with van der Waals surface area (Å²) in [5, 5.41) is 11.4. The maximum absolute atomic E-state index is 12.5. The Morgan fingerprint density at radius 2 is 1.63 bits per heavy atom. The SMILES string of the molecule is C=CCCCCCCCCCOc1ccc2c(-c3ccc(C(=O)OC[C@@H](Cl)[C@@H](C)CC)cc3)c(C(=O)O)ccc2c1. The minimum absolute atomic E-state index is 0.143. The number of unbranched alkanes of at least 4 members (excludes halogenated alkanes) is 7. The number of carboxylic acids is 1. The summed E-state index contributed by atoms with van der Waals surface area (Å²) in [5.74, 6) is -0.452. The summed E-state index contributed by atoms with van der Waals surface area (Å²) in [7, 11) is 0. The highest BCUT2D eigenvalue weighted by molar-refractivity contribution is 6.21. The molecule has 41 heavy (non-hydrogen) atoms. The Labute approximate surface area is 249 Å². The number of carboxylic acid groups (broad SMARTS) is 1. The molecule has 0 saturated heterocycles. The van der Waals surface area contributed by atoms with Gasteiger partial charge in [0.1, 0.15) is 12.4 Å². The first-order valence-electron chi connectivity index (χ1n) is 14.8. The predicted octanol–water partition coefficient (Wildman–Crippen LogP) is 9.70. The average molecular weight is 579 g/mol. The molecule has 0 aliphatic carbocycles. The van der Waals surface area contributed by atoms with E-state index in [0.29, 0.717) is 23.3 Å². The zero-order chi connectivity index (χ0) is 29.6. The molecule has 0 fully saturated rings. The Hall–Kier alpha value is -3.31. The van der Waals surface area contributed by atoms with Crippen LogP contribution in [0.1, 0.15) is 92.4 Å². The predicted molar refractivity (Wildman–Crippen MR) is 168 cm³/mol. The zero-order valence-corrected chi connectivity index (χ0v) is 25.1. The van der Waals surface area contributed by atoms with E-state index in [4.69, 9.17) is 21.1 Å². The first-order valence-corrected chi connectivity index (χ1v) is 15.2. The van der Waals surface area contributed by atoms with Crippen molar-refractivity contribution in [3.63, 3.8) is 0 Å². The number of fused-ring (bicyclic) bond motifs is 1. The number of esters is 1. The number of allylic oxidation sites excluding steroid dienone is 1. The summed E-state index contributed by atoms with van der Waals surface area (Å²) in [6.45, 7) is 8.63. The van der Waals surface area contributed by atoms with E-state index in [1.807, 2.05) is 44.2 Å². The van der Waals surface area contributed by atoms with E-state index in [-0.39, 0.29) is 23.5 Å². The maximum atomic E-state index is 12.5. The molecular weight excluding hydrogens is 536 g/mol. The number of benzene rings is 3. The second-order valence-electron chi connectivity index (χ2n) is 10.7. The Morgan fingerprint density at radius 3 is 2.29 bits per heavy atom. The van der Waals surface area contributed by atoms with E-state index in [0.717, 1.165) is 42.2 Å². The molecule has 0 bridgehead atoms. The molecule has 0 radical (unpaired) electrons. The first kappa shape index (κ1) is 32.2. The standard InChI is InChI=1S/C35H43ClO5/c1-4-6-7-8-9-10-11-12-13-22-40-29-19-21-30-28(23-29)18-20-31(34(37)38)33(30)26-14-16-27(17-15-26)35(39)41-24-32(36)25(3)5-2/h4,14-21,23,25,32H,1,5-13,22,24H2,2-3H3,(H,37,38)/t25-,32+/m0/s1. The minimum atomic E-state index is -1.01. The van der Waals surface area contributed by atoms with Gasteiger partial charge in [-0.2, -0.15) is 0 Å². The van der Waals surface area contributed by atoms with E-state index >= 15 is 0 Å². The van der Waals surface area contributed by atoms with Crippen LogP contribution in [0, 0.1) is 5.92 Å². The molecule has 6 heteroatoms. The van der Waals surface area contributed by atoms with Crippen LogP contribution in [0.25, 0.3) is 21.9 Å². The van der Waals surface area contributed by atoms with Gasteiger partial charge in [0.2, 0.25) is 0 Å². The van der Waals surface area contributed by atoms with Crippen LogP contribution in [0.4, 0.5) is 0 Å². The second-order valence-corrected chi connectivity index (χ2v) is 11.2. The first-order chi connectivity index (χ1) is 19.8. The van der Waals surface area contributed by atoms with Crippen molar-refractivity contribution in [2.75, 3.05) is 13.2 Å². The topological polar surface area (TPSA) is 72.8 Å². The summed E-state index contributed by atoms with van der Waals surface area (Å²) in [5.41, 5.74) is 1.90. The summed E-state index contributed by atoms with van der Waals surface area (Å²) < 4.78 is 11.4. The number of alkyl halides is 1. The van der Waals surface area contributed by atoms with Crippen LogP contribution in [0.15, 0.2) is 67.3 Å². The van der Waals surface area contributed by atoms with Gasteiger partial charge in [0.05, 0.1) is 23.1 Å². The third-order valence-electron chi connectivity index (χ3n) is 7.59. The molecule has 0 saturated carbocycles. The lowest BCUT2D eigenvalue weighted by Crippen LogP contribution is -2.20. The molecule has 0 amide bonds. The van der Waals surface area contributed by atoms with Gasteiger partial charge in [-0.3, -0.25) is 0 Å². The average Bonchev–Trinajstić information content (AvgIpc) is 2.99. The third kappa shape index (κ3) is 9.64. The third-order valence-corrected chi connectivity index (χ3v) is 8.14. The zero-order valence-electron chi connectivity index (χ0n) is 24.4. The molecule has 0 aliphatic rings. The van der Waals surface area contributed by atoms with Crippen molar-refractivity contribution in [2.24, 2.45) is 5.92 Å². The lowest BCUT2D eigenvalue weighted by atomic mass is 9.92. The van der Waals surface area contributed by atoms with Crippen LogP contribution in [0.2, 0.25) is 0 Å². The van der Waals surface area contributed by atoms with Gasteiger partial charge in [-0.25, -0.2) is 9.59 Å². The summed E-state index contributed by atoms with van der Waals surface area (Å²) in [6.07, 6.45) is 12.4. The van der Waals surface area contributed by atoms with Crippen LogP contribution in [0.3, 0.4) is 0 Å². The van der Waals surface area contributed by atoms with E-state index < -0.39 is 11.9 Å². The van der Waals surface area contributed by atoms with E-state index in [2.05, 4.69) is 6.58 Å². The van der Waals surface area contributed by atoms with Crippen molar-refractivity contribution in [1.29, 1.82) is 0 Å². The van der Waals surface area contributed by atoms with Crippen molar-refractivity contribution in [3.05, 3.63) is 78.4 Å². The van der Waals surface area contributed by atoms with E-state index in [1.54, 1.807) is 30.3 Å². The maximum Gasteiger partial charge on any atom is 0.338 e. The number of rotatable bonds is 18. The molecule has 3 aromatic rings. The van der Waals surface area contributed by atoms with Crippen molar-refractivity contribution in [2.45, 2.75) is 77.0 Å². The van der Waals surface area contributed by atoms with Crippen LogP contribution in [0.5, 0.6) is 5.75 Å². The highest BCUT2D eigenvalue weighted by Crippen LogP contribution is 2.34. The summed E-state index contributed by atoms with van der Waals surface area (Å²) >= 11 is 6.31. The number of carbonyl (C=O) groups excluding carboxylic acids is 1. The molecule has 0 spiro atoms. The smallest absolute Gasteiger partial charge is 0.338 e. The van der Waals surface area contributed by atoms with E-state index in [1.165, 1.54) is 32.1 Å². The number of hydrogen-bond donors (Lipinski definition) is 1. The highest BCUT2D eigenvalue weighted by Gasteiger charge is 2.18. The summed E-state index contributed by atoms with van der Waals surface area (Å²) in [4.78, 5) is 24.7. The van der Waals surface area contributed by atoms with Crippen LogP contribution in [-0.2, 0) is 4.74 Å². The molecule has 3 rings (SSSR count). The molecule has 0 aromatic heterocycles. The normalized spacial score (nSPS) is 12.6. The monoisotopic (exact) mass is 578 g/mol. The Morgan fingerprint density at radius 1 is 0.951 bits per heavy atom. The molecule has 1 N–H and O–H groups in total. The van der Waals surface area contributed by atoms with Gasteiger partial charge >= 0.3 is 11.9 Å². The minimum Gasteiger partial charge on any atom is -0.494 e. The lowest BCUT2D eigenvalue weighted by Gasteiger charge is -2.16. The van der Waals surface area contributed by atoms with Gasteiger partial charge in [-0.15, -0.1) is 18.2 Å². The largest absolute Gasteiger partial charge is 0.494 e. The van der Waals surface area contributed by atoms with Gasteiger partial charge < -0.3 is 14.6 Å². The van der Waals surface area contributed by atoms with E-state index in [9.17, 15) is 14.7 Å². The Kier molecular flexibility index (Phi) is 13.2. The lowest BCUT2D eigenvalue weighted by molar-refractivity contribution is 0.0489. The number of hydrogen-bond acceptors (Lipinski definition) is 4. The fourth-order valence-corrected chi connectivity index (χ4v) is 5.02. The number of aromatic carboxylic acids is 1. The van der Waals surface area contributed by atoms with Crippen LogP contribution < -0.4 is 4.74 Å². The molecule has 0 heterocycles. The quantitative estimate of drug-likeness (QED) is 0.0703. The van der Waals surface area contributed by atoms with Gasteiger partial charge in [-0.05, 0) is 71.8 Å². The fourth-order valence-electron chi connectivity index (χ4n) is 4.78. The van der Waals surface area contributed by atoms with Crippen molar-refractivity contribution in [3.8, 4) is 16.9 Å². The van der Waals surface area contributed by atoms with Gasteiger partial charge in [0.15, 0.2) is 0 Å². The Bertz CT molecular complexity index is 1280. The fraction of sp³-hybridized carbons (Fsp3) is 0.429. The molecule has 0 unspecified atom stereocenters. The molecular formula is C35H43ClO5. The number of ether oxygens (including phenoxy) is 2. The molecule has 220 valence electrons. The highest BCUT2D eigenvalue weighted by atomic mass is 35.5. The van der Waals surface area contributed by atoms with Crippen molar-refractivity contribution < 1.29 is 24.2 Å². The molecule has 0 aliphatic heterocycles. The second kappa shape index (κ2) is 16.8. The molecule has 3 aromatic carbocycles. The number of halogens is 1.